The summed E-state index contributed by atoms with van der Waals surface area (Å²) < 4.78 is 0. The van der Waals surface area contributed by atoms with Crippen molar-refractivity contribution in [2.75, 3.05) is 11.5 Å². The van der Waals surface area contributed by atoms with Gasteiger partial charge in [-0.1, -0.05) is 31.9 Å². The Labute approximate surface area is 117 Å². The Hall–Kier alpha value is -1.00. The zero-order chi connectivity index (χ0) is 12.8. The lowest BCUT2D eigenvalue weighted by atomic mass is 10.2. The smallest absolute Gasteiger partial charge is 0.180 e. The molecule has 2 nitrogen and oxygen atoms in total. The van der Waals surface area contributed by atoms with E-state index in [1.165, 1.54) is 41.2 Å². The van der Waals surface area contributed by atoms with Crippen molar-refractivity contribution >= 4 is 28.2 Å². The summed E-state index contributed by atoms with van der Waals surface area (Å²) in [5, 5.41) is 2.63. The van der Waals surface area contributed by atoms with Crippen LogP contribution in [0.4, 0.5) is 5.13 Å². The maximum Gasteiger partial charge on any atom is 0.180 e. The van der Waals surface area contributed by atoms with Gasteiger partial charge in [-0.25, -0.2) is 4.98 Å². The number of thiazole rings is 1. The Balaban J connectivity index is 1.93. The normalized spacial score (nSPS) is 10.7. The summed E-state index contributed by atoms with van der Waals surface area (Å²) in [4.78, 5) is 5.62. The molecule has 0 fully saturated rings. The van der Waals surface area contributed by atoms with Gasteiger partial charge in [-0.05, 0) is 24.3 Å². The predicted octanol–water partition coefficient (Wildman–Crippen LogP) is 4.67. The van der Waals surface area contributed by atoms with Crippen LogP contribution in [0.2, 0.25) is 0 Å². The summed E-state index contributed by atoms with van der Waals surface area (Å²) in [6, 6.07) is 8.58. The van der Waals surface area contributed by atoms with Crippen LogP contribution in [0.15, 0.2) is 34.5 Å². The lowest BCUT2D eigenvalue weighted by Crippen LogP contribution is -1.83. The fourth-order valence-corrected chi connectivity index (χ4v) is 3.17. The predicted molar refractivity (Wildman–Crippen MR) is 82.2 cm³/mol. The summed E-state index contributed by atoms with van der Waals surface area (Å²) in [6.45, 7) is 2.24. The first-order valence-corrected chi connectivity index (χ1v) is 8.10. The van der Waals surface area contributed by atoms with Gasteiger partial charge in [0.25, 0.3) is 0 Å². The van der Waals surface area contributed by atoms with Gasteiger partial charge in [0.2, 0.25) is 0 Å². The van der Waals surface area contributed by atoms with Crippen molar-refractivity contribution in [1.82, 2.24) is 4.98 Å². The molecule has 1 heterocycles. The lowest BCUT2D eigenvalue weighted by Gasteiger charge is -2.02. The molecule has 0 radical (unpaired) electrons. The van der Waals surface area contributed by atoms with Crippen LogP contribution >= 0.6 is 23.1 Å². The fraction of sp³-hybridized carbons (Fsp3) is 0.357. The summed E-state index contributed by atoms with van der Waals surface area (Å²) in [6.07, 6.45) is 3.90. The average Bonchev–Trinajstić information content (AvgIpc) is 2.82. The second kappa shape index (κ2) is 6.81. The average molecular weight is 278 g/mol. The molecule has 2 rings (SSSR count). The van der Waals surface area contributed by atoms with Crippen molar-refractivity contribution in [2.24, 2.45) is 0 Å². The minimum atomic E-state index is 0.628. The molecule has 0 aliphatic heterocycles. The summed E-state index contributed by atoms with van der Waals surface area (Å²) in [7, 11) is 0. The molecule has 0 unspecified atom stereocenters. The highest BCUT2D eigenvalue weighted by Crippen LogP contribution is 2.26. The summed E-state index contributed by atoms with van der Waals surface area (Å²) >= 11 is 3.41. The SMILES string of the molecule is CCCCCSc1ccc(-c2csc(N)n2)cc1. The van der Waals surface area contributed by atoms with Crippen molar-refractivity contribution < 1.29 is 0 Å². The van der Waals surface area contributed by atoms with Crippen LogP contribution in [0.1, 0.15) is 26.2 Å². The van der Waals surface area contributed by atoms with Gasteiger partial charge in [0.15, 0.2) is 5.13 Å². The number of hydrogen-bond donors (Lipinski definition) is 1. The van der Waals surface area contributed by atoms with E-state index in [4.69, 9.17) is 5.73 Å². The van der Waals surface area contributed by atoms with E-state index in [1.807, 2.05) is 17.1 Å². The highest BCUT2D eigenvalue weighted by Gasteiger charge is 2.02. The van der Waals surface area contributed by atoms with Gasteiger partial charge >= 0.3 is 0 Å². The van der Waals surface area contributed by atoms with Gasteiger partial charge < -0.3 is 5.73 Å². The van der Waals surface area contributed by atoms with E-state index in [2.05, 4.69) is 36.2 Å². The van der Waals surface area contributed by atoms with Crippen molar-refractivity contribution in [3.05, 3.63) is 29.6 Å². The van der Waals surface area contributed by atoms with Gasteiger partial charge in [-0.3, -0.25) is 0 Å². The first-order chi connectivity index (χ1) is 8.79. The second-order valence-electron chi connectivity index (χ2n) is 4.15. The number of anilines is 1. The third-order valence-electron chi connectivity index (χ3n) is 2.69. The fourth-order valence-electron chi connectivity index (χ4n) is 1.68. The first kappa shape index (κ1) is 13.4. The molecule has 96 valence electrons. The Kier molecular flexibility index (Phi) is 5.08. The topological polar surface area (TPSA) is 38.9 Å². The van der Waals surface area contributed by atoms with Crippen LogP contribution in [-0.2, 0) is 0 Å². The first-order valence-electron chi connectivity index (χ1n) is 6.24. The molecule has 0 bridgehead atoms. The number of nitrogens with two attached hydrogens (primary N) is 1. The van der Waals surface area contributed by atoms with E-state index < -0.39 is 0 Å². The minimum absolute atomic E-state index is 0.628. The maximum absolute atomic E-state index is 5.64. The molecule has 2 aromatic rings. The van der Waals surface area contributed by atoms with Crippen LogP contribution in [0, 0.1) is 0 Å². The third-order valence-corrected chi connectivity index (χ3v) is 4.46. The zero-order valence-electron chi connectivity index (χ0n) is 10.6. The van der Waals surface area contributed by atoms with E-state index in [0.29, 0.717) is 5.13 Å². The Morgan fingerprint density at radius 3 is 2.61 bits per heavy atom. The molecule has 1 aromatic heterocycles. The van der Waals surface area contributed by atoms with E-state index >= 15 is 0 Å². The quantitative estimate of drug-likeness (QED) is 0.616. The molecule has 0 saturated carbocycles. The molecule has 1 aromatic carbocycles. The number of thioether (sulfide) groups is 1. The Morgan fingerprint density at radius 2 is 2.00 bits per heavy atom. The van der Waals surface area contributed by atoms with E-state index in [1.54, 1.807) is 0 Å². The summed E-state index contributed by atoms with van der Waals surface area (Å²) in [5.74, 6) is 1.21. The molecule has 0 aliphatic carbocycles. The van der Waals surface area contributed by atoms with Crippen molar-refractivity contribution in [1.29, 1.82) is 0 Å². The number of benzene rings is 1. The molecule has 4 heteroatoms. The molecule has 0 spiro atoms. The van der Waals surface area contributed by atoms with Crippen LogP contribution < -0.4 is 5.73 Å². The molecule has 0 atom stereocenters. The number of aromatic nitrogens is 1. The number of hydrogen-bond acceptors (Lipinski definition) is 4. The lowest BCUT2D eigenvalue weighted by molar-refractivity contribution is 0.778. The molecule has 2 N–H and O–H groups in total. The van der Waals surface area contributed by atoms with Gasteiger partial charge in [-0.2, -0.15) is 0 Å². The van der Waals surface area contributed by atoms with Crippen molar-refractivity contribution in [3.8, 4) is 11.3 Å². The zero-order valence-corrected chi connectivity index (χ0v) is 12.2. The molecule has 0 aliphatic rings. The highest BCUT2D eigenvalue weighted by molar-refractivity contribution is 7.99. The molecular weight excluding hydrogens is 260 g/mol. The van der Waals surface area contributed by atoms with Gasteiger partial charge in [0.05, 0.1) is 5.69 Å². The number of nitrogens with zero attached hydrogens (tertiary/aromatic N) is 1. The standard InChI is InChI=1S/C14H18N2S2/c1-2-3-4-9-17-12-7-5-11(6-8-12)13-10-18-14(15)16-13/h5-8,10H,2-4,9H2,1H3,(H2,15,16). The minimum Gasteiger partial charge on any atom is -0.375 e. The third kappa shape index (κ3) is 3.75. The van der Waals surface area contributed by atoms with E-state index in [9.17, 15) is 0 Å². The van der Waals surface area contributed by atoms with Gasteiger partial charge in [-0.15, -0.1) is 23.1 Å². The van der Waals surface area contributed by atoms with Gasteiger partial charge in [0, 0.05) is 15.8 Å². The molecule has 18 heavy (non-hydrogen) atoms. The Morgan fingerprint density at radius 1 is 1.22 bits per heavy atom. The van der Waals surface area contributed by atoms with E-state index in [-0.39, 0.29) is 0 Å². The largest absolute Gasteiger partial charge is 0.375 e. The van der Waals surface area contributed by atoms with Crippen LogP contribution in [0.3, 0.4) is 0 Å². The number of unbranched alkanes of at least 4 members (excludes halogenated alkanes) is 2. The molecule has 0 amide bonds. The maximum atomic E-state index is 5.64. The van der Waals surface area contributed by atoms with Crippen molar-refractivity contribution in [2.45, 2.75) is 31.1 Å². The molecular formula is C14H18N2S2. The monoisotopic (exact) mass is 278 g/mol. The van der Waals surface area contributed by atoms with E-state index in [0.717, 1.165) is 11.3 Å². The highest BCUT2D eigenvalue weighted by atomic mass is 32.2. The van der Waals surface area contributed by atoms with Crippen LogP contribution in [-0.4, -0.2) is 10.7 Å². The summed E-state index contributed by atoms with van der Waals surface area (Å²) in [5.41, 5.74) is 7.76. The number of rotatable bonds is 6. The van der Waals surface area contributed by atoms with Crippen LogP contribution in [0.25, 0.3) is 11.3 Å². The molecule has 0 saturated heterocycles. The second-order valence-corrected chi connectivity index (χ2v) is 6.21. The van der Waals surface area contributed by atoms with Gasteiger partial charge in [0.1, 0.15) is 0 Å². The van der Waals surface area contributed by atoms with Crippen molar-refractivity contribution in [3.63, 3.8) is 0 Å². The Bertz CT molecular complexity index is 477. The number of nitrogen functional groups attached to an aromatic ring is 1. The van der Waals surface area contributed by atoms with Crippen LogP contribution in [0.5, 0.6) is 0 Å².